The maximum Gasteiger partial charge on any atom is 0.246 e. The molecule has 1 N–H and O–H groups in total. The molecular weight excluding hydrogens is 334 g/mol. The van der Waals surface area contributed by atoms with Crippen molar-refractivity contribution in [3.05, 3.63) is 108 Å². The van der Waals surface area contributed by atoms with Gasteiger partial charge in [-0.1, -0.05) is 91.0 Å². The van der Waals surface area contributed by atoms with Gasteiger partial charge in [0.05, 0.1) is 12.1 Å². The molecule has 0 aliphatic carbocycles. The number of benzene rings is 3. The van der Waals surface area contributed by atoms with Crippen molar-refractivity contribution < 1.29 is 9.53 Å². The van der Waals surface area contributed by atoms with Crippen molar-refractivity contribution >= 4 is 5.91 Å². The molecule has 0 aliphatic heterocycles. The zero-order valence-electron chi connectivity index (χ0n) is 15.6. The Labute approximate surface area is 161 Å². The van der Waals surface area contributed by atoms with E-state index in [1.54, 1.807) is 0 Å². The average Bonchev–Trinajstić information content (AvgIpc) is 2.73. The Bertz CT molecular complexity index is 793. The van der Waals surface area contributed by atoms with Crippen LogP contribution >= 0.6 is 0 Å². The average molecular weight is 359 g/mol. The van der Waals surface area contributed by atoms with Crippen LogP contribution in [0.1, 0.15) is 23.6 Å². The smallest absolute Gasteiger partial charge is 0.246 e. The van der Waals surface area contributed by atoms with E-state index in [1.807, 2.05) is 85.8 Å². The fourth-order valence-electron chi connectivity index (χ4n) is 3.17. The van der Waals surface area contributed by atoms with Crippen LogP contribution in [0.25, 0.3) is 0 Å². The highest BCUT2D eigenvalue weighted by atomic mass is 16.5. The van der Waals surface area contributed by atoms with Crippen molar-refractivity contribution in [2.24, 2.45) is 0 Å². The lowest BCUT2D eigenvalue weighted by Crippen LogP contribution is -2.46. The lowest BCUT2D eigenvalue weighted by atomic mass is 9.84. The van der Waals surface area contributed by atoms with Crippen molar-refractivity contribution in [1.29, 1.82) is 0 Å². The molecule has 0 aliphatic rings. The summed E-state index contributed by atoms with van der Waals surface area (Å²) in [6.45, 7) is 2.59. The van der Waals surface area contributed by atoms with Gasteiger partial charge in [-0.2, -0.15) is 0 Å². The molecule has 27 heavy (non-hydrogen) atoms. The van der Waals surface area contributed by atoms with Gasteiger partial charge >= 0.3 is 0 Å². The second-order valence-corrected chi connectivity index (χ2v) is 6.69. The summed E-state index contributed by atoms with van der Waals surface area (Å²) in [5, 5.41) is 3.16. The number of ether oxygens (including phenoxy) is 1. The van der Waals surface area contributed by atoms with Crippen molar-refractivity contribution in [3.8, 4) is 0 Å². The van der Waals surface area contributed by atoms with Crippen molar-refractivity contribution in [2.75, 3.05) is 13.2 Å². The van der Waals surface area contributed by atoms with E-state index in [4.69, 9.17) is 4.74 Å². The van der Waals surface area contributed by atoms with E-state index in [0.29, 0.717) is 6.61 Å². The van der Waals surface area contributed by atoms with Crippen molar-refractivity contribution in [3.63, 3.8) is 0 Å². The van der Waals surface area contributed by atoms with Crippen LogP contribution in [0, 0.1) is 0 Å². The van der Waals surface area contributed by atoms with E-state index in [0.717, 1.165) is 17.5 Å². The van der Waals surface area contributed by atoms with Gasteiger partial charge in [0.2, 0.25) is 5.91 Å². The molecule has 0 aromatic heterocycles. The van der Waals surface area contributed by atoms with E-state index in [2.05, 4.69) is 17.4 Å². The summed E-state index contributed by atoms with van der Waals surface area (Å²) in [6, 6.07) is 30.1. The van der Waals surface area contributed by atoms with Crippen LogP contribution in [-0.2, 0) is 21.5 Å². The summed E-state index contributed by atoms with van der Waals surface area (Å²) < 4.78 is 5.60. The maximum absolute atomic E-state index is 12.6. The normalized spacial score (nSPS) is 11.1. The minimum absolute atomic E-state index is 0.0437. The van der Waals surface area contributed by atoms with Gasteiger partial charge < -0.3 is 10.1 Å². The highest BCUT2D eigenvalue weighted by Crippen LogP contribution is 2.28. The van der Waals surface area contributed by atoms with Gasteiger partial charge in [-0.15, -0.1) is 0 Å². The zero-order valence-corrected chi connectivity index (χ0v) is 15.6. The van der Waals surface area contributed by atoms with Crippen LogP contribution in [0.3, 0.4) is 0 Å². The minimum atomic E-state index is -0.609. The summed E-state index contributed by atoms with van der Waals surface area (Å²) in [5.41, 5.74) is 2.67. The molecule has 0 bridgehead atoms. The molecule has 3 heteroatoms. The fourth-order valence-corrected chi connectivity index (χ4v) is 3.17. The van der Waals surface area contributed by atoms with E-state index < -0.39 is 5.54 Å². The van der Waals surface area contributed by atoms with E-state index >= 15 is 0 Å². The highest BCUT2D eigenvalue weighted by molar-refractivity contribution is 5.79. The summed E-state index contributed by atoms with van der Waals surface area (Å²) >= 11 is 0. The Morgan fingerprint density at radius 2 is 1.30 bits per heavy atom. The van der Waals surface area contributed by atoms with Gasteiger partial charge in [0, 0.05) is 0 Å². The third kappa shape index (κ3) is 5.05. The summed E-state index contributed by atoms with van der Waals surface area (Å²) in [7, 11) is 0. The topological polar surface area (TPSA) is 38.3 Å². The molecule has 3 aromatic carbocycles. The Morgan fingerprint density at radius 1 is 0.815 bits per heavy atom. The van der Waals surface area contributed by atoms with E-state index in [-0.39, 0.29) is 12.5 Å². The maximum atomic E-state index is 12.6. The molecule has 0 saturated carbocycles. The number of carbonyl (C=O) groups excluding carboxylic acids is 1. The van der Waals surface area contributed by atoms with Gasteiger partial charge in [0.15, 0.2) is 0 Å². The Morgan fingerprint density at radius 3 is 1.81 bits per heavy atom. The first-order valence-corrected chi connectivity index (χ1v) is 9.22. The minimum Gasteiger partial charge on any atom is -0.371 e. The number of hydrogen-bond donors (Lipinski definition) is 1. The number of amides is 1. The second kappa shape index (κ2) is 9.15. The molecule has 0 fully saturated rings. The Balaban J connectivity index is 1.63. The zero-order chi connectivity index (χ0) is 19.0. The lowest BCUT2D eigenvalue weighted by molar-refractivity contribution is -0.127. The van der Waals surface area contributed by atoms with Crippen molar-refractivity contribution in [2.45, 2.75) is 18.9 Å². The number of carbonyl (C=O) groups is 1. The quantitative estimate of drug-likeness (QED) is 0.608. The number of hydrogen-bond acceptors (Lipinski definition) is 2. The molecule has 3 aromatic rings. The third-order valence-corrected chi connectivity index (χ3v) is 4.70. The second-order valence-electron chi connectivity index (χ2n) is 6.69. The standard InChI is InChI=1S/C24H25NO2/c1-24(21-13-7-3-8-14-21,22-15-9-4-10-16-22)25-23(26)19-27-18-17-20-11-5-2-6-12-20/h2-16H,17-19H2,1H3,(H,25,26). The van der Waals surface area contributed by atoms with Gasteiger partial charge in [0.25, 0.3) is 0 Å². The van der Waals surface area contributed by atoms with Gasteiger partial charge in [-0.25, -0.2) is 0 Å². The summed E-state index contributed by atoms with van der Waals surface area (Å²) in [4.78, 5) is 12.6. The first-order chi connectivity index (χ1) is 13.2. The molecule has 3 nitrogen and oxygen atoms in total. The van der Waals surface area contributed by atoms with Crippen LogP contribution in [0.4, 0.5) is 0 Å². The molecule has 0 heterocycles. The molecule has 138 valence electrons. The predicted molar refractivity (Wildman–Crippen MR) is 108 cm³/mol. The van der Waals surface area contributed by atoms with Crippen LogP contribution < -0.4 is 5.32 Å². The van der Waals surface area contributed by atoms with Crippen LogP contribution in [-0.4, -0.2) is 19.1 Å². The van der Waals surface area contributed by atoms with E-state index in [9.17, 15) is 4.79 Å². The molecule has 0 spiro atoms. The lowest BCUT2D eigenvalue weighted by Gasteiger charge is -2.32. The molecule has 0 unspecified atom stereocenters. The predicted octanol–water partition coefficient (Wildman–Crippen LogP) is 4.33. The van der Waals surface area contributed by atoms with Crippen LogP contribution in [0.2, 0.25) is 0 Å². The molecule has 3 rings (SSSR count). The van der Waals surface area contributed by atoms with Gasteiger partial charge in [-0.05, 0) is 30.0 Å². The molecular formula is C24H25NO2. The largest absolute Gasteiger partial charge is 0.371 e. The summed E-state index contributed by atoms with van der Waals surface area (Å²) in [6.07, 6.45) is 0.794. The molecule has 0 radical (unpaired) electrons. The Hall–Kier alpha value is -2.91. The SMILES string of the molecule is CC(NC(=O)COCCc1ccccc1)(c1ccccc1)c1ccccc1. The van der Waals surface area contributed by atoms with Gasteiger partial charge in [0.1, 0.15) is 6.61 Å². The number of rotatable bonds is 8. The fraction of sp³-hybridized carbons (Fsp3) is 0.208. The highest BCUT2D eigenvalue weighted by Gasteiger charge is 2.30. The van der Waals surface area contributed by atoms with E-state index in [1.165, 1.54) is 5.56 Å². The molecule has 0 atom stereocenters. The Kier molecular flexibility index (Phi) is 6.39. The molecule has 0 saturated heterocycles. The monoisotopic (exact) mass is 359 g/mol. The third-order valence-electron chi connectivity index (χ3n) is 4.70. The first kappa shape index (κ1) is 18.9. The summed E-state index contributed by atoms with van der Waals surface area (Å²) in [5.74, 6) is -0.127. The van der Waals surface area contributed by atoms with Gasteiger partial charge in [-0.3, -0.25) is 4.79 Å². The first-order valence-electron chi connectivity index (χ1n) is 9.22. The van der Waals surface area contributed by atoms with Crippen molar-refractivity contribution in [1.82, 2.24) is 5.32 Å². The van der Waals surface area contributed by atoms with Crippen LogP contribution in [0.5, 0.6) is 0 Å². The number of nitrogens with one attached hydrogen (secondary N) is 1. The molecule has 1 amide bonds. The van der Waals surface area contributed by atoms with Crippen LogP contribution in [0.15, 0.2) is 91.0 Å².